The molecule has 2 aromatic rings. The molecule has 2 aliphatic rings. The molecule has 0 aromatic heterocycles. The number of hydrogen-bond acceptors (Lipinski definition) is 1. The molecule has 2 atom stereocenters. The highest BCUT2D eigenvalue weighted by Crippen LogP contribution is 2.45. The highest BCUT2D eigenvalue weighted by atomic mass is 14.9. The zero-order chi connectivity index (χ0) is 23.6. The van der Waals surface area contributed by atoms with Gasteiger partial charge in [0.1, 0.15) is 0 Å². The molecule has 4 rings (SSSR count). The van der Waals surface area contributed by atoms with Gasteiger partial charge in [0.2, 0.25) is 0 Å². The topological polar surface area (TPSA) is 12.0 Å². The minimum Gasteiger partial charge on any atom is -0.382 e. The summed E-state index contributed by atoms with van der Waals surface area (Å²) in [4.78, 5) is 0. The molecule has 1 fully saturated rings. The van der Waals surface area contributed by atoms with Crippen molar-refractivity contribution in [1.82, 2.24) is 0 Å². The van der Waals surface area contributed by atoms with Gasteiger partial charge in [0.15, 0.2) is 0 Å². The molecule has 180 valence electrons. The zero-order valence-electron chi connectivity index (χ0n) is 21.7. The number of benzene rings is 2. The lowest BCUT2D eigenvalue weighted by molar-refractivity contribution is 0.530. The fraction of sp³-hybridized carbons (Fsp3) is 0.500. The van der Waals surface area contributed by atoms with E-state index in [-0.39, 0.29) is 1.43 Å². The van der Waals surface area contributed by atoms with Crippen molar-refractivity contribution in [1.29, 1.82) is 0 Å². The van der Waals surface area contributed by atoms with Crippen molar-refractivity contribution in [3.63, 3.8) is 0 Å². The third kappa shape index (κ3) is 6.62. The van der Waals surface area contributed by atoms with Crippen LogP contribution in [0.25, 0.3) is 5.57 Å². The molecule has 0 amide bonds. The molecule has 1 nitrogen and oxygen atoms in total. The minimum atomic E-state index is 0. The van der Waals surface area contributed by atoms with E-state index in [0.717, 1.165) is 6.42 Å². The Balaban J connectivity index is 0.000000758. The van der Waals surface area contributed by atoms with Gasteiger partial charge in [-0.15, -0.1) is 0 Å². The van der Waals surface area contributed by atoms with Crippen LogP contribution in [-0.2, 0) is 6.42 Å². The predicted octanol–water partition coefficient (Wildman–Crippen LogP) is 9.77. The molecule has 1 saturated carbocycles. The number of allylic oxidation sites excluding steroid dienone is 4. The normalized spacial score (nSPS) is 16.6. The Morgan fingerprint density at radius 1 is 0.909 bits per heavy atom. The molecule has 33 heavy (non-hydrogen) atoms. The van der Waals surface area contributed by atoms with Gasteiger partial charge in [-0.05, 0) is 104 Å². The molecular weight excluding hydrogens is 398 g/mol. The van der Waals surface area contributed by atoms with Crippen LogP contribution in [0.1, 0.15) is 97.2 Å². The first-order valence-corrected chi connectivity index (χ1v) is 13.4. The second kappa shape index (κ2) is 12.8. The molecule has 0 bridgehead atoms. The highest BCUT2D eigenvalue weighted by molar-refractivity contribution is 5.78. The summed E-state index contributed by atoms with van der Waals surface area (Å²) in [6.07, 6.45) is 13.8. The fourth-order valence-electron chi connectivity index (χ4n) is 5.20. The van der Waals surface area contributed by atoms with Gasteiger partial charge in [0.25, 0.3) is 0 Å². The van der Waals surface area contributed by atoms with Crippen LogP contribution < -0.4 is 5.32 Å². The van der Waals surface area contributed by atoms with E-state index in [1.807, 2.05) is 0 Å². The number of para-hydroxylation sites is 1. The van der Waals surface area contributed by atoms with Crippen LogP contribution in [0.15, 0.2) is 65.8 Å². The molecular formula is C32H47N. The maximum atomic E-state index is 3.74. The van der Waals surface area contributed by atoms with Crippen LogP contribution >= 0.6 is 0 Å². The number of unbranched alkanes of at least 4 members (excludes halogenated alkanes) is 1. The summed E-state index contributed by atoms with van der Waals surface area (Å²) in [5.41, 5.74) is 10.6. The molecule has 2 aromatic carbocycles. The third-order valence-electron chi connectivity index (χ3n) is 7.36. The van der Waals surface area contributed by atoms with Crippen LogP contribution in [0.2, 0.25) is 0 Å². The number of nitrogens with one attached hydrogen (secondary N) is 1. The Bertz CT molecular complexity index is 953. The molecule has 1 heteroatoms. The molecule has 0 saturated heterocycles. The van der Waals surface area contributed by atoms with Crippen molar-refractivity contribution in [3.05, 3.63) is 82.4 Å². The van der Waals surface area contributed by atoms with Crippen LogP contribution in [0.5, 0.6) is 0 Å². The van der Waals surface area contributed by atoms with E-state index < -0.39 is 0 Å². The molecule has 0 radical (unpaired) electrons. The van der Waals surface area contributed by atoms with Crippen molar-refractivity contribution in [2.75, 3.05) is 5.32 Å². The standard InChI is InChI=1S/C28H35N.C4H10.H2/c1-4-22(17-16-21(3)29-27-15-8-5-10-20(27)2)28-25-13-7-6-11-23(25)18-19-24-12-9-14-26(24)28;1-3-4-2;/h5-8,10-11,13,15,19,21-22,29H,4,9,12,14,16-18H2,1-3H3;3-4H2,1-2H3;1H. The summed E-state index contributed by atoms with van der Waals surface area (Å²) in [5.74, 6) is 0.645. The van der Waals surface area contributed by atoms with Gasteiger partial charge in [0, 0.05) is 13.2 Å². The molecule has 2 aliphatic carbocycles. The van der Waals surface area contributed by atoms with Gasteiger partial charge in [-0.2, -0.15) is 0 Å². The van der Waals surface area contributed by atoms with Crippen molar-refractivity contribution >= 4 is 11.3 Å². The quantitative estimate of drug-likeness (QED) is 0.426. The van der Waals surface area contributed by atoms with E-state index in [4.69, 9.17) is 0 Å². The number of anilines is 1. The van der Waals surface area contributed by atoms with E-state index in [0.29, 0.717) is 12.0 Å². The first kappa shape index (κ1) is 25.3. The first-order valence-electron chi connectivity index (χ1n) is 13.4. The minimum absolute atomic E-state index is 0. The lowest BCUT2D eigenvalue weighted by Gasteiger charge is -2.25. The Morgan fingerprint density at radius 3 is 2.36 bits per heavy atom. The summed E-state index contributed by atoms with van der Waals surface area (Å²) in [7, 11) is 0. The Kier molecular flexibility index (Phi) is 9.85. The Morgan fingerprint density at radius 2 is 1.64 bits per heavy atom. The van der Waals surface area contributed by atoms with Crippen LogP contribution in [0.4, 0.5) is 5.69 Å². The monoisotopic (exact) mass is 445 g/mol. The van der Waals surface area contributed by atoms with E-state index in [2.05, 4.69) is 94.5 Å². The predicted molar refractivity (Wildman–Crippen MR) is 149 cm³/mol. The van der Waals surface area contributed by atoms with Gasteiger partial charge in [-0.25, -0.2) is 0 Å². The fourth-order valence-corrected chi connectivity index (χ4v) is 5.20. The van der Waals surface area contributed by atoms with E-state index in [1.54, 1.807) is 16.7 Å². The summed E-state index contributed by atoms with van der Waals surface area (Å²) in [6.45, 7) is 11.3. The summed E-state index contributed by atoms with van der Waals surface area (Å²) < 4.78 is 0. The van der Waals surface area contributed by atoms with Gasteiger partial charge in [-0.1, -0.05) is 82.2 Å². The number of fused-ring (bicyclic) bond motifs is 2. The third-order valence-corrected chi connectivity index (χ3v) is 7.36. The summed E-state index contributed by atoms with van der Waals surface area (Å²) in [5, 5.41) is 3.74. The van der Waals surface area contributed by atoms with Crippen LogP contribution in [-0.4, -0.2) is 6.04 Å². The lowest BCUT2D eigenvalue weighted by Crippen LogP contribution is -2.18. The van der Waals surface area contributed by atoms with E-state index >= 15 is 0 Å². The van der Waals surface area contributed by atoms with Gasteiger partial charge < -0.3 is 5.32 Å². The lowest BCUT2D eigenvalue weighted by atomic mass is 9.81. The molecule has 0 spiro atoms. The highest BCUT2D eigenvalue weighted by Gasteiger charge is 2.27. The number of rotatable bonds is 8. The zero-order valence-corrected chi connectivity index (χ0v) is 21.7. The van der Waals surface area contributed by atoms with Crippen molar-refractivity contribution in [2.24, 2.45) is 5.92 Å². The maximum Gasteiger partial charge on any atom is 0.0371 e. The maximum absolute atomic E-state index is 3.74. The van der Waals surface area contributed by atoms with Gasteiger partial charge in [-0.3, -0.25) is 0 Å². The van der Waals surface area contributed by atoms with Crippen molar-refractivity contribution in [2.45, 2.75) is 98.4 Å². The molecule has 0 heterocycles. The first-order chi connectivity index (χ1) is 16.1. The van der Waals surface area contributed by atoms with E-state index in [1.165, 1.54) is 73.7 Å². The number of hydrogen-bond donors (Lipinski definition) is 1. The largest absolute Gasteiger partial charge is 0.382 e. The average Bonchev–Trinajstić information content (AvgIpc) is 3.24. The molecule has 1 N–H and O–H groups in total. The average molecular weight is 446 g/mol. The van der Waals surface area contributed by atoms with Gasteiger partial charge in [0.05, 0.1) is 0 Å². The Hall–Kier alpha value is -2.28. The van der Waals surface area contributed by atoms with E-state index in [9.17, 15) is 0 Å². The SMILES string of the molecule is CCC(CCC(C)Nc1ccccc1C)C1=C2CCCC2=CCc2ccccc21.CCCC.[HH]. The second-order valence-electron chi connectivity index (χ2n) is 9.88. The smallest absolute Gasteiger partial charge is 0.0371 e. The van der Waals surface area contributed by atoms with Gasteiger partial charge >= 0.3 is 0 Å². The number of aryl methyl sites for hydroxylation is 1. The van der Waals surface area contributed by atoms with Crippen LogP contribution in [0, 0.1) is 12.8 Å². The van der Waals surface area contributed by atoms with Crippen molar-refractivity contribution in [3.8, 4) is 0 Å². The summed E-state index contributed by atoms with van der Waals surface area (Å²) in [6, 6.07) is 18.3. The van der Waals surface area contributed by atoms with Crippen molar-refractivity contribution < 1.29 is 1.43 Å². The Labute approximate surface area is 204 Å². The second-order valence-corrected chi connectivity index (χ2v) is 9.88. The molecule has 2 unspecified atom stereocenters. The van der Waals surface area contributed by atoms with Crippen LogP contribution in [0.3, 0.4) is 0 Å². The molecule has 0 aliphatic heterocycles. The summed E-state index contributed by atoms with van der Waals surface area (Å²) >= 11 is 0.